The van der Waals surface area contributed by atoms with E-state index in [-0.39, 0.29) is 11.5 Å². The van der Waals surface area contributed by atoms with Crippen LogP contribution >= 0.6 is 11.3 Å². The van der Waals surface area contributed by atoms with Gasteiger partial charge in [-0.25, -0.2) is 4.98 Å². The summed E-state index contributed by atoms with van der Waals surface area (Å²) in [7, 11) is 0. The molecule has 0 aliphatic heterocycles. The lowest BCUT2D eigenvalue weighted by Gasteiger charge is -2.10. The summed E-state index contributed by atoms with van der Waals surface area (Å²) in [5, 5.41) is 12.0. The van der Waals surface area contributed by atoms with Crippen molar-refractivity contribution in [3.63, 3.8) is 0 Å². The van der Waals surface area contributed by atoms with Crippen LogP contribution < -0.4 is 4.74 Å². The summed E-state index contributed by atoms with van der Waals surface area (Å²) < 4.78 is 45.1. The number of rotatable bonds is 4. The molecule has 146 valence electrons. The molecule has 29 heavy (non-hydrogen) atoms. The Labute approximate surface area is 166 Å². The zero-order chi connectivity index (χ0) is 20.6. The van der Waals surface area contributed by atoms with Crippen LogP contribution in [0.2, 0.25) is 0 Å². The molecule has 0 N–H and O–H groups in total. The molecule has 5 nitrogen and oxygen atoms in total. The predicted molar refractivity (Wildman–Crippen MR) is 103 cm³/mol. The molecule has 0 aliphatic carbocycles. The fourth-order valence-electron chi connectivity index (χ4n) is 2.74. The van der Waals surface area contributed by atoms with Crippen molar-refractivity contribution in [3.8, 4) is 22.1 Å². The Hall–Kier alpha value is -3.46. The van der Waals surface area contributed by atoms with E-state index >= 15 is 0 Å². The Balaban J connectivity index is 1.68. The van der Waals surface area contributed by atoms with Crippen molar-refractivity contribution >= 4 is 27.2 Å². The first kappa shape index (κ1) is 18.9. The third kappa shape index (κ3) is 3.90. The number of nitro groups is 1. The highest BCUT2D eigenvalue weighted by molar-refractivity contribution is 7.21. The summed E-state index contributed by atoms with van der Waals surface area (Å²) in [5.41, 5.74) is -0.291. The van der Waals surface area contributed by atoms with Gasteiger partial charge in [0.1, 0.15) is 10.8 Å². The summed E-state index contributed by atoms with van der Waals surface area (Å²) in [6.07, 6.45) is -4.68. The molecule has 0 atom stereocenters. The molecule has 1 aromatic heterocycles. The van der Waals surface area contributed by atoms with E-state index in [0.29, 0.717) is 6.07 Å². The first-order chi connectivity index (χ1) is 13.8. The van der Waals surface area contributed by atoms with Gasteiger partial charge in [0.05, 0.1) is 20.7 Å². The van der Waals surface area contributed by atoms with E-state index in [1.54, 1.807) is 18.2 Å². The van der Waals surface area contributed by atoms with E-state index in [0.717, 1.165) is 32.9 Å². The Morgan fingerprint density at radius 1 is 1.00 bits per heavy atom. The number of halogens is 3. The fourth-order valence-corrected chi connectivity index (χ4v) is 3.70. The van der Waals surface area contributed by atoms with Crippen molar-refractivity contribution in [2.75, 3.05) is 0 Å². The van der Waals surface area contributed by atoms with Gasteiger partial charge in [-0.15, -0.1) is 11.3 Å². The van der Waals surface area contributed by atoms with Crippen LogP contribution in [-0.4, -0.2) is 9.91 Å². The maximum absolute atomic E-state index is 12.8. The van der Waals surface area contributed by atoms with Crippen molar-refractivity contribution in [1.29, 1.82) is 0 Å². The molecule has 4 rings (SSSR count). The Bertz CT molecular complexity index is 1190. The van der Waals surface area contributed by atoms with Crippen molar-refractivity contribution in [3.05, 3.63) is 82.4 Å². The number of aromatic nitrogens is 1. The summed E-state index contributed by atoms with van der Waals surface area (Å²) in [4.78, 5) is 14.9. The normalized spacial score (nSPS) is 11.6. The van der Waals surface area contributed by atoms with E-state index in [9.17, 15) is 23.3 Å². The number of nitrogens with zero attached hydrogens (tertiary/aromatic N) is 2. The standard InChI is InChI=1S/C20H11F3N2O3S/c21-20(22,23)13-8-9-17(16(11-13)25(26)27)28-14-5-3-4-12(10-14)19-24-15-6-1-2-7-18(15)29-19/h1-11H. The fraction of sp³-hybridized carbons (Fsp3) is 0.0500. The highest BCUT2D eigenvalue weighted by Gasteiger charge is 2.33. The van der Waals surface area contributed by atoms with Crippen LogP contribution in [0.15, 0.2) is 66.7 Å². The van der Waals surface area contributed by atoms with Gasteiger partial charge >= 0.3 is 11.9 Å². The molecular formula is C20H11F3N2O3S. The Morgan fingerprint density at radius 2 is 1.79 bits per heavy atom. The second-order valence-electron chi connectivity index (χ2n) is 6.05. The van der Waals surface area contributed by atoms with Gasteiger partial charge in [0.2, 0.25) is 5.75 Å². The van der Waals surface area contributed by atoms with Crippen LogP contribution in [0.4, 0.5) is 18.9 Å². The van der Waals surface area contributed by atoms with Crippen LogP contribution in [0.5, 0.6) is 11.5 Å². The molecule has 3 aromatic carbocycles. The van der Waals surface area contributed by atoms with Crippen LogP contribution in [-0.2, 0) is 6.18 Å². The molecule has 9 heteroatoms. The lowest BCUT2D eigenvalue weighted by atomic mass is 10.1. The summed E-state index contributed by atoms with van der Waals surface area (Å²) in [5.74, 6) is -0.0194. The zero-order valence-electron chi connectivity index (χ0n) is 14.5. The van der Waals surface area contributed by atoms with E-state index in [1.165, 1.54) is 11.3 Å². The minimum Gasteiger partial charge on any atom is -0.450 e. The van der Waals surface area contributed by atoms with Crippen molar-refractivity contribution < 1.29 is 22.8 Å². The maximum Gasteiger partial charge on any atom is 0.416 e. The number of thiazole rings is 1. The molecular weight excluding hydrogens is 405 g/mol. The van der Waals surface area contributed by atoms with Crippen molar-refractivity contribution in [2.45, 2.75) is 6.18 Å². The largest absolute Gasteiger partial charge is 0.450 e. The SMILES string of the molecule is O=[N+]([O-])c1cc(C(F)(F)F)ccc1Oc1cccc(-c2nc3ccccc3s2)c1. The second kappa shape index (κ2) is 7.17. The number of benzene rings is 3. The molecule has 0 bridgehead atoms. The van der Waals surface area contributed by atoms with Crippen LogP contribution in [0.3, 0.4) is 0 Å². The molecule has 0 unspecified atom stereocenters. The molecule has 0 aliphatic rings. The lowest BCUT2D eigenvalue weighted by molar-refractivity contribution is -0.385. The second-order valence-corrected chi connectivity index (χ2v) is 7.08. The number of alkyl halides is 3. The van der Waals surface area contributed by atoms with Gasteiger partial charge in [0.15, 0.2) is 0 Å². The Morgan fingerprint density at radius 3 is 2.52 bits per heavy atom. The molecule has 0 amide bonds. The van der Waals surface area contributed by atoms with E-state index in [4.69, 9.17) is 4.74 Å². The average molecular weight is 416 g/mol. The highest BCUT2D eigenvalue weighted by atomic mass is 32.1. The monoisotopic (exact) mass is 416 g/mol. The lowest BCUT2D eigenvalue weighted by Crippen LogP contribution is -2.06. The molecule has 0 saturated heterocycles. The number of hydrogen-bond donors (Lipinski definition) is 0. The van der Waals surface area contributed by atoms with Crippen molar-refractivity contribution in [2.24, 2.45) is 0 Å². The third-order valence-electron chi connectivity index (χ3n) is 4.09. The van der Waals surface area contributed by atoms with Crippen molar-refractivity contribution in [1.82, 2.24) is 4.98 Å². The van der Waals surface area contributed by atoms with Gasteiger partial charge in [-0.2, -0.15) is 13.2 Å². The topological polar surface area (TPSA) is 65.3 Å². The number of para-hydroxylation sites is 1. The van der Waals surface area contributed by atoms with E-state index < -0.39 is 22.4 Å². The minimum atomic E-state index is -4.68. The quantitative estimate of drug-likeness (QED) is 0.275. The number of hydrogen-bond acceptors (Lipinski definition) is 5. The molecule has 0 saturated carbocycles. The zero-order valence-corrected chi connectivity index (χ0v) is 15.3. The van der Waals surface area contributed by atoms with E-state index in [2.05, 4.69) is 4.98 Å². The van der Waals surface area contributed by atoms with Gasteiger partial charge in [0, 0.05) is 11.6 Å². The van der Waals surface area contributed by atoms with Crippen LogP contribution in [0.25, 0.3) is 20.8 Å². The molecule has 0 radical (unpaired) electrons. The summed E-state index contributed by atoms with van der Waals surface area (Å²) in [6, 6.07) is 16.5. The predicted octanol–water partition coefficient (Wildman–Crippen LogP) is 6.68. The first-order valence-corrected chi connectivity index (χ1v) is 9.12. The Kier molecular flexibility index (Phi) is 4.67. The number of ether oxygens (including phenoxy) is 1. The molecule has 4 aromatic rings. The summed E-state index contributed by atoms with van der Waals surface area (Å²) in [6.45, 7) is 0. The number of nitro benzene ring substituents is 1. The van der Waals surface area contributed by atoms with Gasteiger partial charge < -0.3 is 4.74 Å². The molecule has 1 heterocycles. The minimum absolute atomic E-state index is 0.254. The maximum atomic E-state index is 12.8. The van der Waals surface area contributed by atoms with Crippen LogP contribution in [0, 0.1) is 10.1 Å². The van der Waals surface area contributed by atoms with E-state index in [1.807, 2.05) is 30.3 Å². The smallest absolute Gasteiger partial charge is 0.416 e. The summed E-state index contributed by atoms with van der Waals surface area (Å²) >= 11 is 1.48. The first-order valence-electron chi connectivity index (χ1n) is 8.31. The van der Waals surface area contributed by atoms with Gasteiger partial charge in [-0.1, -0.05) is 24.3 Å². The third-order valence-corrected chi connectivity index (χ3v) is 5.17. The van der Waals surface area contributed by atoms with Gasteiger partial charge in [-0.05, 0) is 36.4 Å². The van der Waals surface area contributed by atoms with Crippen LogP contribution in [0.1, 0.15) is 5.56 Å². The highest BCUT2D eigenvalue weighted by Crippen LogP contribution is 2.39. The van der Waals surface area contributed by atoms with Gasteiger partial charge in [-0.3, -0.25) is 10.1 Å². The van der Waals surface area contributed by atoms with Gasteiger partial charge in [0.25, 0.3) is 0 Å². The molecule has 0 spiro atoms. The average Bonchev–Trinajstić information content (AvgIpc) is 3.12. The number of fused-ring (bicyclic) bond motifs is 1. The molecule has 0 fully saturated rings.